The van der Waals surface area contributed by atoms with Gasteiger partial charge >= 0.3 is 0 Å². The minimum Gasteiger partial charge on any atom is -0.360 e. The molecule has 0 unspecified atom stereocenters. The molecule has 8 nitrogen and oxygen atoms in total. The Morgan fingerprint density at radius 2 is 1.67 bits per heavy atom. The van der Waals surface area contributed by atoms with E-state index in [-0.39, 0.29) is 10.6 Å². The van der Waals surface area contributed by atoms with Crippen LogP contribution in [0.4, 0.5) is 5.69 Å². The highest BCUT2D eigenvalue weighted by molar-refractivity contribution is 7.89. The van der Waals surface area contributed by atoms with E-state index >= 15 is 0 Å². The van der Waals surface area contributed by atoms with Crippen LogP contribution in [0.25, 0.3) is 0 Å². The summed E-state index contributed by atoms with van der Waals surface area (Å²) in [5.41, 5.74) is -0.127. The summed E-state index contributed by atoms with van der Waals surface area (Å²) < 4.78 is 26.9. The molecule has 2 aliphatic rings. The molecule has 2 fully saturated rings. The smallest absolute Gasteiger partial charge is 0.269 e. The summed E-state index contributed by atoms with van der Waals surface area (Å²) in [4.78, 5) is 12.3. The van der Waals surface area contributed by atoms with Crippen molar-refractivity contribution in [3.63, 3.8) is 0 Å². The minimum atomic E-state index is -3.66. The van der Waals surface area contributed by atoms with Crippen LogP contribution in [0.15, 0.2) is 29.2 Å². The molecule has 3 rings (SSSR count). The summed E-state index contributed by atoms with van der Waals surface area (Å²) in [6, 6.07) is 5.43. The number of non-ortho nitro benzene ring substituents is 1. The third kappa shape index (κ3) is 4.74. The zero-order chi connectivity index (χ0) is 19.4. The number of hydrogen-bond donors (Lipinski definition) is 1. The normalized spacial score (nSPS) is 19.6. The molecule has 148 valence electrons. The number of nitro groups is 1. The van der Waals surface area contributed by atoms with Crippen LogP contribution in [-0.4, -0.2) is 59.9 Å². The summed E-state index contributed by atoms with van der Waals surface area (Å²) in [7, 11) is -3.66. The standard InChI is InChI=1S/C17H24N4O4S2/c22-21(23)15-6-8-16(9-7-15)27(24,25)20-12-10-19(11-13-20)17(26)18-14-4-2-1-3-5-14/h6-9,14H,1-5,10-13H2,(H,18,26). The van der Waals surface area contributed by atoms with Crippen molar-refractivity contribution < 1.29 is 13.3 Å². The van der Waals surface area contributed by atoms with Crippen LogP contribution in [0.5, 0.6) is 0 Å². The average Bonchev–Trinajstić information content (AvgIpc) is 2.69. The number of thiocarbonyl (C=S) groups is 1. The van der Waals surface area contributed by atoms with Gasteiger partial charge in [-0.15, -0.1) is 0 Å². The van der Waals surface area contributed by atoms with Crippen molar-refractivity contribution in [1.82, 2.24) is 14.5 Å². The maximum atomic E-state index is 12.8. The summed E-state index contributed by atoms with van der Waals surface area (Å²) >= 11 is 5.50. The molecule has 1 aromatic rings. The number of rotatable bonds is 4. The molecule has 27 heavy (non-hydrogen) atoms. The van der Waals surface area contributed by atoms with E-state index in [2.05, 4.69) is 5.32 Å². The van der Waals surface area contributed by atoms with Crippen LogP contribution in [-0.2, 0) is 10.0 Å². The van der Waals surface area contributed by atoms with E-state index < -0.39 is 14.9 Å². The molecule has 0 spiro atoms. The average molecular weight is 413 g/mol. The molecule has 1 heterocycles. The van der Waals surface area contributed by atoms with Crippen LogP contribution < -0.4 is 5.32 Å². The fourth-order valence-electron chi connectivity index (χ4n) is 3.53. The monoisotopic (exact) mass is 412 g/mol. The van der Waals surface area contributed by atoms with Crippen molar-refractivity contribution in [3.8, 4) is 0 Å². The van der Waals surface area contributed by atoms with E-state index in [1.807, 2.05) is 4.90 Å². The SMILES string of the molecule is O=[N+]([O-])c1ccc(S(=O)(=O)N2CCN(C(=S)NC3CCCCC3)CC2)cc1. The van der Waals surface area contributed by atoms with Crippen LogP contribution in [0, 0.1) is 10.1 Å². The van der Waals surface area contributed by atoms with Gasteiger partial charge in [0, 0.05) is 44.4 Å². The highest BCUT2D eigenvalue weighted by Crippen LogP contribution is 2.21. The van der Waals surface area contributed by atoms with Gasteiger partial charge in [0.15, 0.2) is 5.11 Å². The molecule has 1 aliphatic carbocycles. The molecule has 1 N–H and O–H groups in total. The molecule has 1 saturated heterocycles. The Balaban J connectivity index is 1.57. The maximum absolute atomic E-state index is 12.8. The highest BCUT2D eigenvalue weighted by Gasteiger charge is 2.30. The molecule has 0 radical (unpaired) electrons. The molecular weight excluding hydrogens is 388 g/mol. The van der Waals surface area contributed by atoms with Gasteiger partial charge in [0.1, 0.15) is 0 Å². The largest absolute Gasteiger partial charge is 0.360 e. The Morgan fingerprint density at radius 3 is 2.22 bits per heavy atom. The molecule has 1 saturated carbocycles. The number of nitro benzene ring substituents is 1. The second kappa shape index (κ2) is 8.49. The van der Waals surface area contributed by atoms with E-state index in [1.165, 1.54) is 47.8 Å². The van der Waals surface area contributed by atoms with Gasteiger partial charge in [0.25, 0.3) is 5.69 Å². The van der Waals surface area contributed by atoms with Crippen molar-refractivity contribution >= 4 is 33.0 Å². The Bertz CT molecular complexity index is 784. The zero-order valence-electron chi connectivity index (χ0n) is 15.0. The number of nitrogens with zero attached hydrogens (tertiary/aromatic N) is 3. The van der Waals surface area contributed by atoms with Crippen LogP contribution >= 0.6 is 12.2 Å². The molecule has 10 heteroatoms. The molecule has 0 bridgehead atoms. The first-order valence-corrected chi connectivity index (χ1v) is 11.0. The lowest BCUT2D eigenvalue weighted by molar-refractivity contribution is -0.384. The van der Waals surface area contributed by atoms with Gasteiger partial charge in [-0.25, -0.2) is 8.42 Å². The summed E-state index contributed by atoms with van der Waals surface area (Å²) in [6.45, 7) is 1.74. The number of hydrogen-bond acceptors (Lipinski definition) is 5. The first-order chi connectivity index (χ1) is 12.9. The van der Waals surface area contributed by atoms with Crippen molar-refractivity contribution in [2.45, 2.75) is 43.0 Å². The lowest BCUT2D eigenvalue weighted by Crippen LogP contribution is -2.54. The van der Waals surface area contributed by atoms with Gasteiger partial charge in [-0.2, -0.15) is 4.31 Å². The summed E-state index contributed by atoms with van der Waals surface area (Å²) in [5, 5.41) is 14.8. The molecule has 1 aliphatic heterocycles. The number of nitrogens with one attached hydrogen (secondary N) is 1. The predicted octanol–water partition coefficient (Wildman–Crippen LogP) is 2.11. The van der Waals surface area contributed by atoms with Gasteiger partial charge < -0.3 is 10.2 Å². The maximum Gasteiger partial charge on any atom is 0.269 e. The van der Waals surface area contributed by atoms with Crippen molar-refractivity contribution in [1.29, 1.82) is 0 Å². The first kappa shape index (κ1) is 20.0. The third-order valence-electron chi connectivity index (χ3n) is 5.14. The van der Waals surface area contributed by atoms with E-state index in [4.69, 9.17) is 12.2 Å². The predicted molar refractivity (Wildman–Crippen MR) is 106 cm³/mol. The molecular formula is C17H24N4O4S2. The van der Waals surface area contributed by atoms with Crippen molar-refractivity contribution in [2.24, 2.45) is 0 Å². The van der Waals surface area contributed by atoms with Gasteiger partial charge in [-0.1, -0.05) is 19.3 Å². The number of piperazine rings is 1. The first-order valence-electron chi connectivity index (χ1n) is 9.18. The van der Waals surface area contributed by atoms with E-state index in [9.17, 15) is 18.5 Å². The second-order valence-corrected chi connectivity index (χ2v) is 9.25. The lowest BCUT2D eigenvalue weighted by Gasteiger charge is -2.37. The van der Waals surface area contributed by atoms with Crippen LogP contribution in [0.2, 0.25) is 0 Å². The number of sulfonamides is 1. The highest BCUT2D eigenvalue weighted by atomic mass is 32.2. The van der Waals surface area contributed by atoms with E-state index in [1.54, 1.807) is 0 Å². The Hall–Kier alpha value is -1.78. The van der Waals surface area contributed by atoms with E-state index in [0.717, 1.165) is 12.8 Å². The second-order valence-electron chi connectivity index (χ2n) is 6.93. The van der Waals surface area contributed by atoms with Gasteiger partial charge in [0.2, 0.25) is 10.0 Å². The Labute approximate surface area is 164 Å². The number of benzene rings is 1. The summed E-state index contributed by atoms with van der Waals surface area (Å²) in [6.07, 6.45) is 6.00. The van der Waals surface area contributed by atoms with Crippen molar-refractivity contribution in [2.75, 3.05) is 26.2 Å². The van der Waals surface area contributed by atoms with E-state index in [0.29, 0.717) is 37.3 Å². The fraction of sp³-hybridized carbons (Fsp3) is 0.588. The zero-order valence-corrected chi connectivity index (χ0v) is 16.7. The topological polar surface area (TPSA) is 95.8 Å². The molecule has 1 aromatic carbocycles. The Morgan fingerprint density at radius 1 is 1.07 bits per heavy atom. The molecule has 0 amide bonds. The van der Waals surface area contributed by atoms with Crippen LogP contribution in [0.3, 0.4) is 0 Å². The van der Waals surface area contributed by atoms with Gasteiger partial charge in [0.05, 0.1) is 9.82 Å². The molecule has 0 aromatic heterocycles. The van der Waals surface area contributed by atoms with Crippen molar-refractivity contribution in [3.05, 3.63) is 34.4 Å². The quantitative estimate of drug-likeness (QED) is 0.460. The fourth-order valence-corrected chi connectivity index (χ4v) is 5.30. The van der Waals surface area contributed by atoms with Crippen LogP contribution in [0.1, 0.15) is 32.1 Å². The molecule has 0 atom stereocenters. The van der Waals surface area contributed by atoms with Gasteiger partial charge in [-0.3, -0.25) is 10.1 Å². The third-order valence-corrected chi connectivity index (χ3v) is 7.43. The Kier molecular flexibility index (Phi) is 6.28. The minimum absolute atomic E-state index is 0.0736. The lowest BCUT2D eigenvalue weighted by atomic mass is 9.96. The summed E-state index contributed by atoms with van der Waals surface area (Å²) in [5.74, 6) is 0. The van der Waals surface area contributed by atoms with Gasteiger partial charge in [-0.05, 0) is 37.2 Å².